The van der Waals surface area contributed by atoms with Gasteiger partial charge in [0.05, 0.1) is 7.11 Å². The standard InChI is InChI=1S/C12H15N3O3/c1-17-9-4-2-8(3-5-9)14-12(16)11-6-10(7-13)18-15-11/h2-5,10H,6-7,13H2,1H3,(H,14,16)/t10-/m1/s1. The van der Waals surface area contributed by atoms with Crippen molar-refractivity contribution in [3.05, 3.63) is 24.3 Å². The minimum atomic E-state index is -0.267. The first-order valence-electron chi connectivity index (χ1n) is 5.61. The Morgan fingerprint density at radius 2 is 2.28 bits per heavy atom. The Hall–Kier alpha value is -2.08. The van der Waals surface area contributed by atoms with Gasteiger partial charge in [0.2, 0.25) is 0 Å². The first-order chi connectivity index (χ1) is 8.72. The minimum absolute atomic E-state index is 0.193. The number of benzene rings is 1. The van der Waals surface area contributed by atoms with E-state index in [0.29, 0.717) is 24.4 Å². The van der Waals surface area contributed by atoms with Crippen molar-refractivity contribution in [2.75, 3.05) is 19.0 Å². The maximum Gasteiger partial charge on any atom is 0.273 e. The Labute approximate surface area is 105 Å². The van der Waals surface area contributed by atoms with Crippen molar-refractivity contribution in [2.24, 2.45) is 10.9 Å². The fourth-order valence-corrected chi connectivity index (χ4v) is 1.57. The number of nitrogens with two attached hydrogens (primary N) is 1. The molecule has 0 saturated carbocycles. The number of nitrogens with zero attached hydrogens (tertiary/aromatic N) is 1. The molecule has 1 aromatic carbocycles. The molecule has 1 aliphatic heterocycles. The van der Waals surface area contributed by atoms with E-state index in [-0.39, 0.29) is 12.0 Å². The van der Waals surface area contributed by atoms with E-state index >= 15 is 0 Å². The highest BCUT2D eigenvalue weighted by atomic mass is 16.6. The topological polar surface area (TPSA) is 85.9 Å². The monoisotopic (exact) mass is 249 g/mol. The van der Waals surface area contributed by atoms with Crippen LogP contribution in [0.5, 0.6) is 5.75 Å². The second-order valence-electron chi connectivity index (χ2n) is 3.89. The summed E-state index contributed by atoms with van der Waals surface area (Å²) in [5.41, 5.74) is 6.48. The lowest BCUT2D eigenvalue weighted by Gasteiger charge is -2.05. The smallest absolute Gasteiger partial charge is 0.273 e. The minimum Gasteiger partial charge on any atom is -0.497 e. The van der Waals surface area contributed by atoms with Gasteiger partial charge in [-0.3, -0.25) is 4.79 Å². The van der Waals surface area contributed by atoms with Crippen LogP contribution in [-0.2, 0) is 9.63 Å². The summed E-state index contributed by atoms with van der Waals surface area (Å²) in [5, 5.41) is 6.45. The molecule has 0 spiro atoms. The average Bonchev–Trinajstić information content (AvgIpc) is 2.88. The molecule has 3 N–H and O–H groups in total. The lowest BCUT2D eigenvalue weighted by molar-refractivity contribution is -0.110. The molecule has 0 aliphatic carbocycles. The highest BCUT2D eigenvalue weighted by molar-refractivity contribution is 6.43. The Balaban J connectivity index is 1.95. The van der Waals surface area contributed by atoms with Gasteiger partial charge < -0.3 is 20.6 Å². The van der Waals surface area contributed by atoms with Crippen molar-refractivity contribution in [3.8, 4) is 5.75 Å². The van der Waals surface area contributed by atoms with E-state index in [1.165, 1.54) is 0 Å². The van der Waals surface area contributed by atoms with Gasteiger partial charge in [-0.1, -0.05) is 5.16 Å². The summed E-state index contributed by atoms with van der Waals surface area (Å²) < 4.78 is 5.03. The van der Waals surface area contributed by atoms with E-state index in [1.807, 2.05) is 0 Å². The van der Waals surface area contributed by atoms with E-state index in [4.69, 9.17) is 15.3 Å². The normalized spacial score (nSPS) is 17.9. The number of amides is 1. The molecule has 0 saturated heterocycles. The quantitative estimate of drug-likeness (QED) is 0.824. The van der Waals surface area contributed by atoms with Gasteiger partial charge in [0, 0.05) is 18.7 Å². The predicted molar refractivity (Wildman–Crippen MR) is 67.6 cm³/mol. The number of ether oxygens (including phenoxy) is 1. The van der Waals surface area contributed by atoms with E-state index in [9.17, 15) is 4.79 Å². The number of methoxy groups -OCH3 is 1. The molecule has 2 rings (SSSR count). The van der Waals surface area contributed by atoms with Crippen LogP contribution in [0, 0.1) is 0 Å². The van der Waals surface area contributed by atoms with E-state index in [2.05, 4.69) is 10.5 Å². The molecule has 0 radical (unpaired) electrons. The van der Waals surface area contributed by atoms with Crippen molar-refractivity contribution < 1.29 is 14.4 Å². The Kier molecular flexibility index (Phi) is 3.78. The van der Waals surface area contributed by atoms with Gasteiger partial charge in [-0.15, -0.1) is 0 Å². The van der Waals surface area contributed by atoms with Gasteiger partial charge in [0.25, 0.3) is 5.91 Å². The molecule has 18 heavy (non-hydrogen) atoms. The van der Waals surface area contributed by atoms with Crippen molar-refractivity contribution in [1.29, 1.82) is 0 Å². The van der Waals surface area contributed by atoms with Crippen LogP contribution in [0.25, 0.3) is 0 Å². The van der Waals surface area contributed by atoms with Crippen LogP contribution in [0.2, 0.25) is 0 Å². The average molecular weight is 249 g/mol. The Morgan fingerprint density at radius 3 is 2.83 bits per heavy atom. The molecule has 1 aromatic rings. The van der Waals surface area contributed by atoms with Gasteiger partial charge in [0.1, 0.15) is 17.6 Å². The van der Waals surface area contributed by atoms with E-state index in [1.54, 1.807) is 31.4 Å². The molecule has 0 bridgehead atoms. The summed E-state index contributed by atoms with van der Waals surface area (Å²) in [6.45, 7) is 0.350. The van der Waals surface area contributed by atoms with Crippen LogP contribution in [0.3, 0.4) is 0 Å². The number of hydrogen-bond acceptors (Lipinski definition) is 5. The number of oxime groups is 1. The molecular weight excluding hydrogens is 234 g/mol. The van der Waals surface area contributed by atoms with Gasteiger partial charge in [-0.05, 0) is 24.3 Å². The highest BCUT2D eigenvalue weighted by Gasteiger charge is 2.24. The highest BCUT2D eigenvalue weighted by Crippen LogP contribution is 2.16. The molecule has 1 heterocycles. The lowest BCUT2D eigenvalue weighted by Crippen LogP contribution is -2.25. The molecule has 6 nitrogen and oxygen atoms in total. The summed E-state index contributed by atoms with van der Waals surface area (Å²) in [6, 6.07) is 7.05. The van der Waals surface area contributed by atoms with Crippen molar-refractivity contribution in [3.63, 3.8) is 0 Å². The number of rotatable bonds is 4. The summed E-state index contributed by atoms with van der Waals surface area (Å²) in [4.78, 5) is 16.8. The fourth-order valence-electron chi connectivity index (χ4n) is 1.57. The summed E-state index contributed by atoms with van der Waals surface area (Å²) in [7, 11) is 1.59. The predicted octanol–water partition coefficient (Wildman–Crippen LogP) is 0.737. The fraction of sp³-hybridized carbons (Fsp3) is 0.333. The van der Waals surface area contributed by atoms with Crippen LogP contribution in [0.15, 0.2) is 29.4 Å². The van der Waals surface area contributed by atoms with E-state index < -0.39 is 0 Å². The zero-order chi connectivity index (χ0) is 13.0. The zero-order valence-corrected chi connectivity index (χ0v) is 10.1. The molecule has 1 atom stereocenters. The largest absolute Gasteiger partial charge is 0.497 e. The molecule has 6 heteroatoms. The van der Waals surface area contributed by atoms with Crippen LogP contribution < -0.4 is 15.8 Å². The van der Waals surface area contributed by atoms with Gasteiger partial charge >= 0.3 is 0 Å². The van der Waals surface area contributed by atoms with Crippen molar-refractivity contribution in [1.82, 2.24) is 0 Å². The van der Waals surface area contributed by atoms with Gasteiger partial charge in [-0.2, -0.15) is 0 Å². The maximum atomic E-state index is 11.8. The molecule has 0 fully saturated rings. The lowest BCUT2D eigenvalue weighted by atomic mass is 10.1. The first-order valence-corrected chi connectivity index (χ1v) is 5.61. The number of hydrogen-bond donors (Lipinski definition) is 2. The second-order valence-corrected chi connectivity index (χ2v) is 3.89. The Bertz CT molecular complexity index is 456. The summed E-state index contributed by atoms with van der Waals surface area (Å²) in [5.74, 6) is 0.467. The van der Waals surface area contributed by atoms with Gasteiger partial charge in [-0.25, -0.2) is 0 Å². The number of anilines is 1. The zero-order valence-electron chi connectivity index (χ0n) is 10.1. The van der Waals surface area contributed by atoms with Crippen LogP contribution in [0.1, 0.15) is 6.42 Å². The van der Waals surface area contributed by atoms with Crippen molar-refractivity contribution >= 4 is 17.3 Å². The number of carbonyl (C=O) groups is 1. The third-order valence-corrected chi connectivity index (χ3v) is 2.61. The van der Waals surface area contributed by atoms with Crippen LogP contribution in [-0.4, -0.2) is 31.4 Å². The van der Waals surface area contributed by atoms with Gasteiger partial charge in [0.15, 0.2) is 0 Å². The SMILES string of the molecule is COc1ccc(NC(=O)C2=NO[C@@H](CN)C2)cc1. The van der Waals surface area contributed by atoms with E-state index in [0.717, 1.165) is 5.75 Å². The molecular formula is C12H15N3O3. The molecule has 1 amide bonds. The second kappa shape index (κ2) is 5.50. The third kappa shape index (κ3) is 2.78. The molecule has 96 valence electrons. The Morgan fingerprint density at radius 1 is 1.56 bits per heavy atom. The first kappa shape index (κ1) is 12.4. The number of nitrogens with one attached hydrogen (secondary N) is 1. The van der Waals surface area contributed by atoms with Crippen LogP contribution in [0.4, 0.5) is 5.69 Å². The summed E-state index contributed by atoms with van der Waals surface area (Å²) >= 11 is 0. The molecule has 0 aromatic heterocycles. The van der Waals surface area contributed by atoms with Crippen molar-refractivity contribution in [2.45, 2.75) is 12.5 Å². The molecule has 0 unspecified atom stereocenters. The number of carbonyl (C=O) groups excluding carboxylic acids is 1. The molecule has 1 aliphatic rings. The third-order valence-electron chi connectivity index (χ3n) is 2.61. The maximum absolute atomic E-state index is 11.8. The summed E-state index contributed by atoms with van der Waals surface area (Å²) in [6.07, 6.45) is 0.250. The van der Waals surface area contributed by atoms with Crippen LogP contribution >= 0.6 is 0 Å².